The Bertz CT molecular complexity index is 764. The molecule has 0 aromatic heterocycles. The maximum absolute atomic E-state index is 11.9. The van der Waals surface area contributed by atoms with Gasteiger partial charge >= 0.3 is 5.97 Å². The van der Waals surface area contributed by atoms with Crippen molar-refractivity contribution in [2.45, 2.75) is 38.1 Å². The highest BCUT2D eigenvalue weighted by molar-refractivity contribution is 5.76. The smallest absolute Gasteiger partial charge is 0.351 e. The maximum atomic E-state index is 11.9. The summed E-state index contributed by atoms with van der Waals surface area (Å²) in [6, 6.07) is 16.3. The van der Waals surface area contributed by atoms with Crippen LogP contribution in [0.5, 0.6) is 11.5 Å². The van der Waals surface area contributed by atoms with Crippen LogP contribution in [0, 0.1) is 0 Å². The molecular formula is C21H25NO5. The largest absolute Gasteiger partial charge is 0.508 e. The van der Waals surface area contributed by atoms with Gasteiger partial charge in [0.15, 0.2) is 0 Å². The van der Waals surface area contributed by atoms with Crippen molar-refractivity contribution in [3.05, 3.63) is 60.2 Å². The van der Waals surface area contributed by atoms with Crippen LogP contribution in [0.3, 0.4) is 0 Å². The number of carboxylic acids is 1. The molecular weight excluding hydrogens is 346 g/mol. The fourth-order valence-corrected chi connectivity index (χ4v) is 3.47. The molecule has 2 aromatic carbocycles. The lowest BCUT2D eigenvalue weighted by Crippen LogP contribution is -2.53. The zero-order valence-corrected chi connectivity index (χ0v) is 15.5. The van der Waals surface area contributed by atoms with Gasteiger partial charge in [0, 0.05) is 12.6 Å². The summed E-state index contributed by atoms with van der Waals surface area (Å²) >= 11 is 0. The van der Waals surface area contributed by atoms with Crippen LogP contribution in [0.1, 0.15) is 19.4 Å². The van der Waals surface area contributed by atoms with E-state index in [0.717, 1.165) is 11.3 Å². The monoisotopic (exact) mass is 371 g/mol. The summed E-state index contributed by atoms with van der Waals surface area (Å²) in [4.78, 5) is 13.8. The average molecular weight is 371 g/mol. The third-order valence-electron chi connectivity index (χ3n) is 4.92. The van der Waals surface area contributed by atoms with Gasteiger partial charge in [-0.2, -0.15) is 0 Å². The summed E-state index contributed by atoms with van der Waals surface area (Å²) < 4.78 is 11.6. The second-order valence-corrected chi connectivity index (χ2v) is 7.02. The number of aliphatic carboxylic acids is 1. The molecule has 1 aliphatic heterocycles. The van der Waals surface area contributed by atoms with Gasteiger partial charge < -0.3 is 19.7 Å². The van der Waals surface area contributed by atoms with Gasteiger partial charge in [0.25, 0.3) is 0 Å². The molecule has 0 spiro atoms. The van der Waals surface area contributed by atoms with Crippen molar-refractivity contribution in [2.75, 3.05) is 13.2 Å². The summed E-state index contributed by atoms with van der Waals surface area (Å²) in [5.41, 5.74) is -0.377. The first-order chi connectivity index (χ1) is 12.9. The molecule has 2 unspecified atom stereocenters. The van der Waals surface area contributed by atoms with Gasteiger partial charge in [-0.1, -0.05) is 30.3 Å². The molecule has 3 atom stereocenters. The molecule has 144 valence electrons. The van der Waals surface area contributed by atoms with Crippen molar-refractivity contribution >= 4 is 5.97 Å². The van der Waals surface area contributed by atoms with Crippen LogP contribution in [0.4, 0.5) is 0 Å². The number of carbonyl (C=O) groups is 1. The number of para-hydroxylation sites is 1. The Balaban J connectivity index is 1.68. The van der Waals surface area contributed by atoms with E-state index in [0.29, 0.717) is 13.0 Å². The van der Waals surface area contributed by atoms with Gasteiger partial charge in [-0.3, -0.25) is 4.90 Å². The average Bonchev–Trinajstić information content (AvgIpc) is 3.01. The molecule has 0 aliphatic carbocycles. The molecule has 2 aromatic rings. The Labute approximate surface area is 159 Å². The van der Waals surface area contributed by atoms with Gasteiger partial charge in [-0.15, -0.1) is 0 Å². The molecule has 1 heterocycles. The summed E-state index contributed by atoms with van der Waals surface area (Å²) in [5, 5.41) is 19.2. The molecule has 0 amide bonds. The van der Waals surface area contributed by atoms with Crippen molar-refractivity contribution in [1.29, 1.82) is 0 Å². The highest BCUT2D eigenvalue weighted by Crippen LogP contribution is 2.31. The minimum absolute atomic E-state index is 0.0580. The third kappa shape index (κ3) is 4.40. The Kier molecular flexibility index (Phi) is 5.68. The number of phenols is 1. The second-order valence-electron chi connectivity index (χ2n) is 7.02. The lowest BCUT2D eigenvalue weighted by atomic mass is 10.0. The molecule has 27 heavy (non-hydrogen) atoms. The van der Waals surface area contributed by atoms with Gasteiger partial charge in [-0.25, -0.2) is 4.79 Å². The molecule has 0 bridgehead atoms. The molecule has 2 N–H and O–H groups in total. The number of nitrogens with zero attached hydrogens (tertiary/aromatic N) is 1. The van der Waals surface area contributed by atoms with Gasteiger partial charge in [0.2, 0.25) is 5.72 Å². The van der Waals surface area contributed by atoms with Crippen molar-refractivity contribution < 1.29 is 24.5 Å². The van der Waals surface area contributed by atoms with Crippen LogP contribution in [-0.2, 0) is 16.0 Å². The van der Waals surface area contributed by atoms with E-state index in [2.05, 4.69) is 0 Å². The minimum atomic E-state index is -1.40. The van der Waals surface area contributed by atoms with Crippen LogP contribution in [-0.4, -0.2) is 52.1 Å². The topological polar surface area (TPSA) is 79.2 Å². The minimum Gasteiger partial charge on any atom is -0.508 e. The number of carboxylic acid groups (broad SMARTS) is 1. The Hall–Kier alpha value is -2.57. The summed E-state index contributed by atoms with van der Waals surface area (Å²) in [6.45, 7) is 4.33. The first-order valence-corrected chi connectivity index (χ1v) is 9.02. The summed E-state index contributed by atoms with van der Waals surface area (Å²) in [7, 11) is 0. The SMILES string of the molecule is C[C@H](Cc1ccc(O)cc1)N1CC(COc2ccccc2)OC1(C)C(=O)O. The van der Waals surface area contributed by atoms with Crippen LogP contribution in [0.15, 0.2) is 54.6 Å². The van der Waals surface area contributed by atoms with Crippen LogP contribution >= 0.6 is 0 Å². The van der Waals surface area contributed by atoms with E-state index < -0.39 is 11.7 Å². The van der Waals surface area contributed by atoms with Crippen molar-refractivity contribution in [1.82, 2.24) is 4.90 Å². The zero-order valence-electron chi connectivity index (χ0n) is 15.5. The molecule has 0 saturated carbocycles. The molecule has 6 nitrogen and oxygen atoms in total. The van der Waals surface area contributed by atoms with Gasteiger partial charge in [0.05, 0.1) is 0 Å². The molecule has 1 aliphatic rings. The van der Waals surface area contributed by atoms with Gasteiger partial charge in [-0.05, 0) is 50.1 Å². The number of benzene rings is 2. The van der Waals surface area contributed by atoms with E-state index >= 15 is 0 Å². The lowest BCUT2D eigenvalue weighted by Gasteiger charge is -2.34. The van der Waals surface area contributed by atoms with E-state index in [-0.39, 0.29) is 24.5 Å². The molecule has 1 fully saturated rings. The normalized spacial score (nSPS) is 23.9. The molecule has 6 heteroatoms. The number of hydrogen-bond acceptors (Lipinski definition) is 5. The summed E-state index contributed by atoms with van der Waals surface area (Å²) in [5.74, 6) is -0.0691. The van der Waals surface area contributed by atoms with E-state index in [1.807, 2.05) is 54.3 Å². The summed E-state index contributed by atoms with van der Waals surface area (Å²) in [6.07, 6.45) is 0.312. The standard InChI is InChI=1S/C21H25NO5/c1-15(12-16-8-10-17(23)11-9-16)22-13-19(27-21(22,2)20(24)25)14-26-18-6-4-3-5-7-18/h3-11,15,19,23H,12-14H2,1-2H3,(H,24,25)/t15-,19?,21?/m1/s1. The predicted molar refractivity (Wildman–Crippen MR) is 101 cm³/mol. The Morgan fingerprint density at radius 3 is 2.56 bits per heavy atom. The van der Waals surface area contributed by atoms with E-state index in [9.17, 15) is 15.0 Å². The molecule has 0 radical (unpaired) electrons. The predicted octanol–water partition coefficient (Wildman–Crippen LogP) is 2.90. The van der Waals surface area contributed by atoms with Crippen molar-refractivity contribution in [3.63, 3.8) is 0 Å². The van der Waals surface area contributed by atoms with Gasteiger partial charge in [0.1, 0.15) is 24.2 Å². The highest BCUT2D eigenvalue weighted by Gasteiger charge is 2.51. The van der Waals surface area contributed by atoms with E-state index in [4.69, 9.17) is 9.47 Å². The first kappa shape index (κ1) is 19.2. The van der Waals surface area contributed by atoms with E-state index in [1.54, 1.807) is 19.1 Å². The zero-order chi connectivity index (χ0) is 19.4. The van der Waals surface area contributed by atoms with Crippen molar-refractivity contribution in [3.8, 4) is 11.5 Å². The van der Waals surface area contributed by atoms with Crippen LogP contribution < -0.4 is 4.74 Å². The Morgan fingerprint density at radius 2 is 1.93 bits per heavy atom. The van der Waals surface area contributed by atoms with Crippen LogP contribution in [0.25, 0.3) is 0 Å². The number of rotatable bonds is 7. The number of phenolic OH excluding ortho intramolecular Hbond substituents is 1. The lowest BCUT2D eigenvalue weighted by molar-refractivity contribution is -0.180. The third-order valence-corrected chi connectivity index (χ3v) is 4.92. The molecule has 1 saturated heterocycles. The fraction of sp³-hybridized carbons (Fsp3) is 0.381. The fourth-order valence-electron chi connectivity index (χ4n) is 3.47. The Morgan fingerprint density at radius 1 is 1.26 bits per heavy atom. The van der Waals surface area contributed by atoms with Crippen LogP contribution in [0.2, 0.25) is 0 Å². The first-order valence-electron chi connectivity index (χ1n) is 9.02. The van der Waals surface area contributed by atoms with E-state index in [1.165, 1.54) is 0 Å². The highest BCUT2D eigenvalue weighted by atomic mass is 16.6. The number of aromatic hydroxyl groups is 1. The maximum Gasteiger partial charge on any atom is 0.351 e. The quantitative estimate of drug-likeness (QED) is 0.779. The number of ether oxygens (including phenoxy) is 2. The van der Waals surface area contributed by atoms with Crippen molar-refractivity contribution in [2.24, 2.45) is 0 Å². The molecule has 3 rings (SSSR count). The number of hydrogen-bond donors (Lipinski definition) is 2. The second kappa shape index (κ2) is 7.98.